The van der Waals surface area contributed by atoms with Gasteiger partial charge in [0.25, 0.3) is 11.6 Å². The highest BCUT2D eigenvalue weighted by atomic mass is 16.6. The molecule has 0 bridgehead atoms. The summed E-state index contributed by atoms with van der Waals surface area (Å²) in [6.07, 6.45) is 6.52. The number of anilines is 1. The van der Waals surface area contributed by atoms with E-state index in [1.807, 2.05) is 0 Å². The van der Waals surface area contributed by atoms with Gasteiger partial charge in [-0.05, 0) is 43.7 Å². The molecule has 0 saturated heterocycles. The first-order valence-corrected chi connectivity index (χ1v) is 8.40. The van der Waals surface area contributed by atoms with E-state index in [0.29, 0.717) is 23.2 Å². The molecule has 6 heteroatoms. The zero-order valence-corrected chi connectivity index (χ0v) is 13.4. The fourth-order valence-corrected chi connectivity index (χ4v) is 3.18. The standard InChI is InChI=1S/C17H23N3O3/c1-11-4-2-3-5-14(11)19-17(21)12-6-9-15(18-13-7-8-13)16(10-12)20(22)23/h6,9-11,13-14,18H,2-5,7-8H2,1H3,(H,19,21)/t11-,14+/m0/s1. The summed E-state index contributed by atoms with van der Waals surface area (Å²) in [6, 6.07) is 5.19. The lowest BCUT2D eigenvalue weighted by Crippen LogP contribution is -2.41. The van der Waals surface area contributed by atoms with Crippen LogP contribution in [0.25, 0.3) is 0 Å². The van der Waals surface area contributed by atoms with Gasteiger partial charge < -0.3 is 10.6 Å². The average Bonchev–Trinajstić information content (AvgIpc) is 3.33. The van der Waals surface area contributed by atoms with Crippen LogP contribution in [0.15, 0.2) is 18.2 Å². The van der Waals surface area contributed by atoms with Crippen LogP contribution in [0, 0.1) is 16.0 Å². The van der Waals surface area contributed by atoms with Gasteiger partial charge in [0.2, 0.25) is 0 Å². The SMILES string of the molecule is C[C@H]1CCCC[C@H]1NC(=O)c1ccc(NC2CC2)c([N+](=O)[O-])c1. The van der Waals surface area contributed by atoms with Gasteiger partial charge in [0.1, 0.15) is 5.69 Å². The second-order valence-corrected chi connectivity index (χ2v) is 6.75. The van der Waals surface area contributed by atoms with Crippen molar-refractivity contribution in [1.82, 2.24) is 5.32 Å². The molecule has 6 nitrogen and oxygen atoms in total. The molecule has 2 aliphatic carbocycles. The van der Waals surface area contributed by atoms with E-state index in [0.717, 1.165) is 32.1 Å². The highest BCUT2D eigenvalue weighted by molar-refractivity contribution is 5.96. The first kappa shape index (κ1) is 15.8. The zero-order valence-electron chi connectivity index (χ0n) is 13.4. The molecule has 124 valence electrons. The first-order chi connectivity index (χ1) is 11.0. The van der Waals surface area contributed by atoms with Crippen molar-refractivity contribution in [1.29, 1.82) is 0 Å². The normalized spacial score (nSPS) is 24.0. The third-order valence-electron chi connectivity index (χ3n) is 4.82. The number of nitrogens with zero attached hydrogens (tertiary/aromatic N) is 1. The first-order valence-electron chi connectivity index (χ1n) is 8.40. The highest BCUT2D eigenvalue weighted by Crippen LogP contribution is 2.32. The van der Waals surface area contributed by atoms with E-state index in [4.69, 9.17) is 0 Å². The molecule has 0 aromatic heterocycles. The van der Waals surface area contributed by atoms with Crippen molar-refractivity contribution in [2.24, 2.45) is 5.92 Å². The minimum Gasteiger partial charge on any atom is -0.377 e. The van der Waals surface area contributed by atoms with Gasteiger partial charge in [-0.15, -0.1) is 0 Å². The van der Waals surface area contributed by atoms with Crippen molar-refractivity contribution in [3.8, 4) is 0 Å². The van der Waals surface area contributed by atoms with Gasteiger partial charge in [0, 0.05) is 23.7 Å². The summed E-state index contributed by atoms with van der Waals surface area (Å²) in [4.78, 5) is 23.3. The molecule has 0 heterocycles. The summed E-state index contributed by atoms with van der Waals surface area (Å²) in [7, 11) is 0. The van der Waals surface area contributed by atoms with Crippen LogP contribution in [0.5, 0.6) is 0 Å². The van der Waals surface area contributed by atoms with Gasteiger partial charge in [0.05, 0.1) is 4.92 Å². The second kappa shape index (κ2) is 6.56. The minimum atomic E-state index is -0.426. The van der Waals surface area contributed by atoms with Crippen LogP contribution >= 0.6 is 0 Å². The molecule has 2 atom stereocenters. The van der Waals surface area contributed by atoms with Crippen LogP contribution in [0.4, 0.5) is 11.4 Å². The van der Waals surface area contributed by atoms with Crippen LogP contribution in [0.3, 0.4) is 0 Å². The Bertz CT molecular complexity index is 613. The summed E-state index contributed by atoms with van der Waals surface area (Å²) < 4.78 is 0. The molecule has 2 fully saturated rings. The number of carbonyl (C=O) groups is 1. The quantitative estimate of drug-likeness (QED) is 0.643. The van der Waals surface area contributed by atoms with Gasteiger partial charge >= 0.3 is 0 Å². The maximum atomic E-state index is 12.4. The van der Waals surface area contributed by atoms with Crippen molar-refractivity contribution in [3.63, 3.8) is 0 Å². The number of amides is 1. The smallest absolute Gasteiger partial charge is 0.293 e. The summed E-state index contributed by atoms with van der Waals surface area (Å²) in [5.74, 6) is 0.239. The number of nitrogens with one attached hydrogen (secondary N) is 2. The second-order valence-electron chi connectivity index (χ2n) is 6.75. The molecule has 0 radical (unpaired) electrons. The summed E-state index contributed by atoms with van der Waals surface area (Å²) in [5.41, 5.74) is 0.831. The molecule has 1 aromatic rings. The summed E-state index contributed by atoms with van der Waals surface area (Å²) in [5, 5.41) is 17.5. The Hall–Kier alpha value is -2.11. The van der Waals surface area contributed by atoms with Crippen molar-refractivity contribution in [2.45, 2.75) is 57.5 Å². The minimum absolute atomic E-state index is 0.0266. The van der Waals surface area contributed by atoms with Crippen molar-refractivity contribution >= 4 is 17.3 Å². The Balaban J connectivity index is 1.74. The lowest BCUT2D eigenvalue weighted by Gasteiger charge is -2.29. The average molecular weight is 317 g/mol. The number of nitro groups is 1. The van der Waals surface area contributed by atoms with Crippen LogP contribution in [0.2, 0.25) is 0 Å². The van der Waals surface area contributed by atoms with E-state index in [9.17, 15) is 14.9 Å². The van der Waals surface area contributed by atoms with Crippen LogP contribution in [-0.4, -0.2) is 22.9 Å². The molecular formula is C17H23N3O3. The Morgan fingerprint density at radius 1 is 1.22 bits per heavy atom. The summed E-state index contributed by atoms with van der Waals surface area (Å²) in [6.45, 7) is 2.15. The largest absolute Gasteiger partial charge is 0.377 e. The fourth-order valence-electron chi connectivity index (χ4n) is 3.18. The molecule has 1 aromatic carbocycles. The van der Waals surface area contributed by atoms with Gasteiger partial charge in [0.15, 0.2) is 0 Å². The third kappa shape index (κ3) is 3.81. The van der Waals surface area contributed by atoms with Crippen LogP contribution < -0.4 is 10.6 Å². The monoisotopic (exact) mass is 317 g/mol. The Kier molecular flexibility index (Phi) is 4.50. The third-order valence-corrected chi connectivity index (χ3v) is 4.82. The van der Waals surface area contributed by atoms with E-state index >= 15 is 0 Å². The van der Waals surface area contributed by atoms with Crippen LogP contribution in [-0.2, 0) is 0 Å². The lowest BCUT2D eigenvalue weighted by atomic mass is 9.86. The Morgan fingerprint density at radius 3 is 2.61 bits per heavy atom. The van der Waals surface area contributed by atoms with Gasteiger partial charge in [-0.1, -0.05) is 19.8 Å². The predicted molar refractivity (Wildman–Crippen MR) is 88.6 cm³/mol. The van der Waals surface area contributed by atoms with Gasteiger partial charge in [-0.3, -0.25) is 14.9 Å². The highest BCUT2D eigenvalue weighted by Gasteiger charge is 2.27. The van der Waals surface area contributed by atoms with Gasteiger partial charge in [-0.25, -0.2) is 0 Å². The molecular weight excluding hydrogens is 294 g/mol. The summed E-state index contributed by atoms with van der Waals surface area (Å²) >= 11 is 0. The predicted octanol–water partition coefficient (Wildman–Crippen LogP) is 3.48. The molecule has 0 unspecified atom stereocenters. The van der Waals surface area contributed by atoms with E-state index < -0.39 is 4.92 Å². The number of benzene rings is 1. The van der Waals surface area contributed by atoms with Crippen molar-refractivity contribution < 1.29 is 9.72 Å². The molecule has 0 aliphatic heterocycles. The van der Waals surface area contributed by atoms with Crippen molar-refractivity contribution in [3.05, 3.63) is 33.9 Å². The molecule has 1 amide bonds. The zero-order chi connectivity index (χ0) is 16.4. The maximum absolute atomic E-state index is 12.4. The van der Waals surface area contributed by atoms with E-state index in [1.54, 1.807) is 12.1 Å². The van der Waals surface area contributed by atoms with E-state index in [2.05, 4.69) is 17.6 Å². The molecule has 3 rings (SSSR count). The molecule has 2 aliphatic rings. The Labute approximate surface area is 135 Å². The number of carbonyl (C=O) groups excluding carboxylic acids is 1. The number of hydrogen-bond acceptors (Lipinski definition) is 4. The molecule has 2 N–H and O–H groups in total. The molecule has 23 heavy (non-hydrogen) atoms. The number of hydrogen-bond donors (Lipinski definition) is 2. The molecule has 0 spiro atoms. The number of rotatable bonds is 5. The van der Waals surface area contributed by atoms with E-state index in [1.165, 1.54) is 12.5 Å². The van der Waals surface area contributed by atoms with E-state index in [-0.39, 0.29) is 17.6 Å². The fraction of sp³-hybridized carbons (Fsp3) is 0.588. The van der Waals surface area contributed by atoms with Crippen molar-refractivity contribution in [2.75, 3.05) is 5.32 Å². The Morgan fingerprint density at radius 2 is 1.96 bits per heavy atom. The lowest BCUT2D eigenvalue weighted by molar-refractivity contribution is -0.384. The van der Waals surface area contributed by atoms with Crippen LogP contribution in [0.1, 0.15) is 55.8 Å². The number of nitro benzene ring substituents is 1. The maximum Gasteiger partial charge on any atom is 0.293 e. The topological polar surface area (TPSA) is 84.3 Å². The van der Waals surface area contributed by atoms with Gasteiger partial charge in [-0.2, -0.15) is 0 Å². The molecule has 2 saturated carbocycles.